The zero-order valence-electron chi connectivity index (χ0n) is 86.6. The Morgan fingerprint density at radius 2 is 0.774 bits per heavy atom. The smallest absolute Gasteiger partial charge is 0.256 e. The second-order valence-electron chi connectivity index (χ2n) is 33.4. The van der Waals surface area contributed by atoms with Crippen molar-refractivity contribution >= 4 is 124 Å². The summed E-state index contributed by atoms with van der Waals surface area (Å²) < 4.78 is 232. The SMILES string of the molecule is [2H]c1c([2H])c([2H])c(-c2c([2H])c([2H])c3c(c2[2H])c2c([2H])c([2H])c([2H])c4c2n3-c2cc3c(c5c2B4c2ccc(-c4ccccc4)cc2O5)N(c2c(-c4ccccc4)cc(C(C)(C)C)cc2-c2ccccc2)c2cc(C(C)(C)C)cc4c2B3c2c([2H])c([2H])c(-n3c5c([2H])c([2H])c([2H])c([2H])c5c5c([2H])c([2H])c([2H])c([2H])c53)c([2H])c2N4c2c(-c3ccccc3)cc(C(C)(C)C)cc2-c2ccccc2)c([2H])c1[2H]. The number of ether oxygens (including phenoxy) is 1. The Kier molecular flexibility index (Phi) is 10.9. The predicted molar refractivity (Wildman–Crippen MR) is 489 cm³/mol. The third kappa shape index (κ3) is 10.6. The molecule has 7 heteroatoms. The molecule has 22 rings (SSSR count). The molecule has 0 bridgehead atoms. The van der Waals surface area contributed by atoms with Crippen LogP contribution in [0.25, 0.3) is 122 Å². The molecule has 115 heavy (non-hydrogen) atoms. The first-order valence-corrected chi connectivity index (χ1v) is 38.9. The van der Waals surface area contributed by atoms with E-state index in [2.05, 4.69) is 128 Å². The van der Waals surface area contributed by atoms with Crippen molar-refractivity contribution in [3.8, 4) is 89.6 Å². The largest absolute Gasteiger partial charge is 0.456 e. The number of nitrogens with zero attached hydrogens (tertiary/aromatic N) is 4. The highest BCUT2D eigenvalue weighted by atomic mass is 16.5. The van der Waals surface area contributed by atoms with Crippen LogP contribution in [0.4, 0.5) is 34.1 Å². The van der Waals surface area contributed by atoms with Crippen molar-refractivity contribution in [3.63, 3.8) is 0 Å². The fourth-order valence-corrected chi connectivity index (χ4v) is 17.9. The minimum Gasteiger partial charge on any atom is -0.456 e. The van der Waals surface area contributed by atoms with Gasteiger partial charge in [-0.1, -0.05) is 323 Å². The van der Waals surface area contributed by atoms with Gasteiger partial charge in [-0.2, -0.15) is 0 Å². The predicted octanol–water partition coefficient (Wildman–Crippen LogP) is 24.8. The average molecular weight is 1500 g/mol. The van der Waals surface area contributed by atoms with Gasteiger partial charge in [-0.3, -0.25) is 0 Å². The van der Waals surface area contributed by atoms with Gasteiger partial charge in [0.15, 0.2) is 0 Å². The lowest BCUT2D eigenvalue weighted by molar-refractivity contribution is 0.489. The number of fused-ring (bicyclic) bond motifs is 15. The number of aromatic nitrogens is 2. The highest BCUT2D eigenvalue weighted by Gasteiger charge is 2.51. The number of benzene rings is 16. The molecule has 0 spiro atoms. The van der Waals surface area contributed by atoms with Crippen molar-refractivity contribution in [2.75, 3.05) is 9.80 Å². The average Bonchev–Trinajstić information content (AvgIpc) is 1.65. The van der Waals surface area contributed by atoms with Crippen LogP contribution < -0.4 is 47.3 Å². The molecule has 0 fully saturated rings. The molecular weight excluding hydrogens is 1390 g/mol. The topological polar surface area (TPSA) is 25.6 Å². The van der Waals surface area contributed by atoms with Gasteiger partial charge in [-0.15, -0.1) is 0 Å². The minimum atomic E-state index is -1.45. The van der Waals surface area contributed by atoms with Gasteiger partial charge in [0, 0.05) is 77.8 Å². The van der Waals surface area contributed by atoms with Crippen molar-refractivity contribution in [2.45, 2.75) is 78.6 Å². The van der Waals surface area contributed by atoms with E-state index in [-0.39, 0.29) is 66.4 Å². The number of para-hydroxylation sites is 3. The van der Waals surface area contributed by atoms with E-state index in [1.54, 1.807) is 4.57 Å². The fraction of sp³-hybridized carbons (Fsp3) is 0.111. The van der Waals surface area contributed by atoms with Gasteiger partial charge in [0.25, 0.3) is 13.4 Å². The molecule has 0 atom stereocenters. The van der Waals surface area contributed by atoms with Gasteiger partial charge in [-0.25, -0.2) is 0 Å². The summed E-state index contributed by atoms with van der Waals surface area (Å²) in [6.07, 6.45) is 0. The summed E-state index contributed by atoms with van der Waals surface area (Å²) in [5, 5.41) is -0.988. The molecule has 0 amide bonds. The highest BCUT2D eigenvalue weighted by molar-refractivity contribution is 7.02. The summed E-state index contributed by atoms with van der Waals surface area (Å²) in [6.45, 7) is 16.5. The molecule has 6 heterocycles. The van der Waals surface area contributed by atoms with Crippen LogP contribution in [-0.4, -0.2) is 22.6 Å². The van der Waals surface area contributed by atoms with Crippen molar-refractivity contribution in [3.05, 3.63) is 362 Å². The normalized spacial score (nSPS) is 15.9. The Balaban J connectivity index is 1.02. The van der Waals surface area contributed by atoms with E-state index in [9.17, 15) is 26.0 Å². The fourth-order valence-electron chi connectivity index (χ4n) is 17.9. The van der Waals surface area contributed by atoms with Crippen molar-refractivity contribution in [1.82, 2.24) is 9.13 Å². The molecule has 18 aromatic rings. The maximum absolute atomic E-state index is 12.1. The molecule has 0 unspecified atom stereocenters. The van der Waals surface area contributed by atoms with Crippen molar-refractivity contribution < 1.29 is 34.9 Å². The molecule has 0 aliphatic carbocycles. The third-order valence-corrected chi connectivity index (χ3v) is 23.5. The standard InChI is InChI=1S/C108H84B2N4O/c1-106(2,3)75-59-82(69-37-20-12-21-38-69)101(83(60-75)70-39-22-13-23-40-70)113-94-65-78(111-91-49-30-28-45-79(91)80-46-29-31-50-92(80)111)53-55-87(94)109-90-66-97-100-105(104(90)114(96-64-77(108(7,8)9)63-95(113)99(96)109)102-84(71-41-24-14-25-42-71)61-76(107(4,5)6)62-85(102)72-43-26-15-27-44-72)115-98-58-74(68-35-18-11-19-36-68)51-54-88(98)110(100)89-48-32-47-81-86-57-73(67-33-16-10-17-34-67)52-56-93(86)112(97)103(81)89/h10-66H,1-9H3/i10D,16D,17D,28D,29D,30D,31D,32D,33D,34D,45D,46D,47D,48D,49D,50D,52D,53D,55D,56D,57D,65D. The van der Waals surface area contributed by atoms with Crippen LogP contribution in [0.2, 0.25) is 0 Å². The highest BCUT2D eigenvalue weighted by Crippen LogP contribution is 2.58. The minimum absolute atomic E-state index is 0.0103. The number of hydrogen-bond acceptors (Lipinski definition) is 3. The van der Waals surface area contributed by atoms with E-state index >= 15 is 0 Å². The number of anilines is 6. The molecule has 4 aliphatic rings. The van der Waals surface area contributed by atoms with E-state index in [1.165, 1.54) is 0 Å². The zero-order valence-corrected chi connectivity index (χ0v) is 64.6. The lowest BCUT2D eigenvalue weighted by Crippen LogP contribution is -2.64. The first-order valence-electron chi connectivity index (χ1n) is 49.9. The van der Waals surface area contributed by atoms with E-state index in [4.69, 9.17) is 8.85 Å². The van der Waals surface area contributed by atoms with Crippen LogP contribution in [0.3, 0.4) is 0 Å². The van der Waals surface area contributed by atoms with Gasteiger partial charge in [-0.05, 0) is 195 Å². The summed E-state index contributed by atoms with van der Waals surface area (Å²) in [5.74, 6) is 0.400. The summed E-state index contributed by atoms with van der Waals surface area (Å²) in [4.78, 5) is 4.25. The summed E-state index contributed by atoms with van der Waals surface area (Å²) in [5.41, 5.74) is 9.62. The second-order valence-corrected chi connectivity index (χ2v) is 33.4. The Bertz CT molecular complexity index is 8240. The Morgan fingerprint density at radius 1 is 0.296 bits per heavy atom. The van der Waals surface area contributed by atoms with Crippen LogP contribution in [0.15, 0.2) is 345 Å². The lowest BCUT2D eigenvalue weighted by atomic mass is 9.31. The Hall–Kier alpha value is -13.4. The molecule has 0 saturated heterocycles. The van der Waals surface area contributed by atoms with Gasteiger partial charge in [0.1, 0.15) is 11.5 Å². The molecule has 5 nitrogen and oxygen atoms in total. The van der Waals surface area contributed by atoms with Crippen LogP contribution >= 0.6 is 0 Å². The monoisotopic (exact) mass is 1500 g/mol. The van der Waals surface area contributed by atoms with Crippen molar-refractivity contribution in [1.29, 1.82) is 0 Å². The van der Waals surface area contributed by atoms with Crippen LogP contribution in [-0.2, 0) is 16.2 Å². The number of rotatable bonds is 9. The summed E-state index contributed by atoms with van der Waals surface area (Å²) >= 11 is 0. The third-order valence-electron chi connectivity index (χ3n) is 23.5. The Morgan fingerprint density at radius 3 is 1.32 bits per heavy atom. The first-order chi connectivity index (χ1) is 65.1. The maximum atomic E-state index is 12.1. The maximum Gasteiger partial charge on any atom is 0.256 e. The van der Waals surface area contributed by atoms with Crippen LogP contribution in [0.5, 0.6) is 11.5 Å². The van der Waals surface area contributed by atoms with Gasteiger partial charge in [0.05, 0.1) is 63.8 Å². The summed E-state index contributed by atoms with van der Waals surface area (Å²) in [7, 11) is 0. The lowest BCUT2D eigenvalue weighted by Gasteiger charge is -2.48. The van der Waals surface area contributed by atoms with Gasteiger partial charge >= 0.3 is 0 Å². The molecule has 16 aromatic carbocycles. The van der Waals surface area contributed by atoms with Crippen molar-refractivity contribution in [2.24, 2.45) is 0 Å². The molecule has 0 saturated carbocycles. The second kappa shape index (κ2) is 25.6. The molecule has 0 N–H and O–H groups in total. The van der Waals surface area contributed by atoms with Crippen LogP contribution in [0, 0.1) is 0 Å². The molecular formula is C108H84B2N4O. The van der Waals surface area contributed by atoms with Gasteiger partial charge in [0.2, 0.25) is 0 Å². The Labute approximate surface area is 704 Å². The van der Waals surface area contributed by atoms with E-state index in [0.29, 0.717) is 78.1 Å². The summed E-state index contributed by atoms with van der Waals surface area (Å²) in [6, 6.07) is 55.3. The molecule has 0 radical (unpaired) electrons. The quantitative estimate of drug-likeness (QED) is 0.135. The molecule has 548 valence electrons. The molecule has 2 aromatic heterocycles. The zero-order chi connectivity index (χ0) is 96.6. The first kappa shape index (κ1) is 49.2. The van der Waals surface area contributed by atoms with Gasteiger partial charge < -0.3 is 23.7 Å². The molecule has 4 aliphatic heterocycles. The van der Waals surface area contributed by atoms with E-state index < -0.39 is 190 Å². The van der Waals surface area contributed by atoms with E-state index in [1.807, 2.05) is 157 Å². The van der Waals surface area contributed by atoms with Crippen LogP contribution in [0.1, 0.15) is 109 Å². The number of hydrogen-bond donors (Lipinski definition) is 0. The van der Waals surface area contributed by atoms with E-state index in [0.717, 1.165) is 49.1 Å².